The summed E-state index contributed by atoms with van der Waals surface area (Å²) in [5.74, 6) is 0. The van der Waals surface area contributed by atoms with Crippen molar-refractivity contribution in [2.24, 2.45) is 5.73 Å². The second kappa shape index (κ2) is 1.30. The molecule has 0 spiro atoms. The summed E-state index contributed by atoms with van der Waals surface area (Å²) in [4.78, 5) is 0. The molecule has 0 aliphatic heterocycles. The SMILES string of the molecule is [2H]C([2H])C([2H])(C)N. The minimum Gasteiger partial charge on any atom is -0.328 e. The van der Waals surface area contributed by atoms with Gasteiger partial charge in [0.1, 0.15) is 0 Å². The molecule has 0 aliphatic rings. The fraction of sp³-hybridized carbons (Fsp3) is 1.00. The van der Waals surface area contributed by atoms with E-state index in [4.69, 9.17) is 9.85 Å². The molecule has 1 unspecified atom stereocenters. The van der Waals surface area contributed by atoms with Gasteiger partial charge in [0.05, 0.1) is 0 Å². The average Bonchev–Trinajstić information content (AvgIpc) is 1.31. The van der Waals surface area contributed by atoms with E-state index in [0.29, 0.717) is 0 Å². The van der Waals surface area contributed by atoms with Crippen molar-refractivity contribution in [3.05, 3.63) is 0 Å². The Morgan fingerprint density at radius 2 is 2.75 bits per heavy atom. The topological polar surface area (TPSA) is 26.0 Å². The van der Waals surface area contributed by atoms with Crippen molar-refractivity contribution in [1.29, 1.82) is 0 Å². The molecule has 0 heterocycles. The largest absolute Gasteiger partial charge is 0.328 e. The highest BCUT2D eigenvalue weighted by molar-refractivity contribution is 4.32. The zero-order valence-corrected chi connectivity index (χ0v) is 2.65. The lowest BCUT2D eigenvalue weighted by atomic mass is 10.5. The van der Waals surface area contributed by atoms with E-state index in [2.05, 4.69) is 0 Å². The molecule has 26 valence electrons. The third kappa shape index (κ3) is 1130. The lowest BCUT2D eigenvalue weighted by Gasteiger charge is -1.81. The maximum Gasteiger partial charge on any atom is 0.0457 e. The number of nitrogens with two attached hydrogens (primary N) is 1. The molecule has 0 amide bonds. The van der Waals surface area contributed by atoms with Crippen LogP contribution in [-0.2, 0) is 0 Å². The molecule has 0 aromatic carbocycles. The van der Waals surface area contributed by atoms with Crippen LogP contribution in [0.25, 0.3) is 0 Å². The Bertz CT molecular complexity index is 55.7. The zero-order valence-electron chi connectivity index (χ0n) is 5.65. The normalized spacial score (nSPS) is 35.2. The van der Waals surface area contributed by atoms with E-state index >= 15 is 0 Å². The Kier molecular flexibility index (Phi) is 0.317. The lowest BCUT2D eigenvalue weighted by molar-refractivity contribution is 0.834. The molecule has 0 aliphatic carbocycles. The first kappa shape index (κ1) is 0.977. The summed E-state index contributed by atoms with van der Waals surface area (Å²) < 4.78 is 20.0. The van der Waals surface area contributed by atoms with Gasteiger partial charge in [-0.25, -0.2) is 0 Å². The van der Waals surface area contributed by atoms with E-state index in [1.165, 1.54) is 6.92 Å². The van der Waals surface area contributed by atoms with Crippen molar-refractivity contribution in [2.45, 2.75) is 19.8 Å². The first-order chi connectivity index (χ1) is 2.94. The van der Waals surface area contributed by atoms with Crippen LogP contribution in [-0.4, -0.2) is 6.02 Å². The third-order valence-electron chi connectivity index (χ3n) is 0. The summed E-state index contributed by atoms with van der Waals surface area (Å²) in [6, 6.07) is -1.42. The molecule has 0 aromatic heterocycles. The maximum atomic E-state index is 6.79. The third-order valence-corrected chi connectivity index (χ3v) is 0. The summed E-state index contributed by atoms with van der Waals surface area (Å²) in [6.45, 7) is 0.0741. The van der Waals surface area contributed by atoms with Crippen LogP contribution in [0.2, 0.25) is 0 Å². The van der Waals surface area contributed by atoms with Gasteiger partial charge in [-0.2, -0.15) is 0 Å². The van der Waals surface area contributed by atoms with E-state index in [0.717, 1.165) is 0 Å². The molecule has 0 fully saturated rings. The van der Waals surface area contributed by atoms with Crippen LogP contribution in [0.5, 0.6) is 0 Å². The van der Waals surface area contributed by atoms with Crippen molar-refractivity contribution in [2.75, 3.05) is 0 Å². The number of rotatable bonds is 0. The van der Waals surface area contributed by atoms with E-state index in [9.17, 15) is 0 Å². The molecule has 0 rings (SSSR count). The maximum absolute atomic E-state index is 6.79. The number of hydrogen-bond acceptors (Lipinski definition) is 1. The number of hydrogen-bond donors (Lipinski definition) is 1. The summed E-state index contributed by atoms with van der Waals surface area (Å²) in [7, 11) is 0. The average molecular weight is 62.1 g/mol. The van der Waals surface area contributed by atoms with E-state index in [-0.39, 0.29) is 0 Å². The van der Waals surface area contributed by atoms with Crippen LogP contribution < -0.4 is 5.73 Å². The van der Waals surface area contributed by atoms with Gasteiger partial charge in [0.15, 0.2) is 0 Å². The molecule has 1 heteroatoms. The van der Waals surface area contributed by atoms with Gasteiger partial charge in [-0.1, -0.05) is 13.8 Å². The highest BCUT2D eigenvalue weighted by Gasteiger charge is 1.67. The van der Waals surface area contributed by atoms with Crippen molar-refractivity contribution in [3.8, 4) is 0 Å². The van der Waals surface area contributed by atoms with Crippen LogP contribution in [0.1, 0.15) is 17.9 Å². The fourth-order valence-electron chi connectivity index (χ4n) is 0. The second-order valence-corrected chi connectivity index (χ2v) is 0.744. The minimum atomic E-state index is -1.42. The molecular formula is C3H9N. The van der Waals surface area contributed by atoms with Gasteiger partial charge in [-0.15, -0.1) is 0 Å². The van der Waals surface area contributed by atoms with Crippen LogP contribution in [0, 0.1) is 0 Å². The first-order valence-electron chi connectivity index (χ1n) is 2.73. The van der Waals surface area contributed by atoms with Crippen LogP contribution >= 0.6 is 0 Å². The minimum absolute atomic E-state index is 1.26. The van der Waals surface area contributed by atoms with Gasteiger partial charge in [0.2, 0.25) is 0 Å². The molecule has 0 aromatic rings. The predicted octanol–water partition coefficient (Wildman–Crippen LogP) is 0.354. The Morgan fingerprint density at radius 3 is 2.75 bits per heavy atom. The van der Waals surface area contributed by atoms with Gasteiger partial charge in [0.25, 0.3) is 0 Å². The second-order valence-electron chi connectivity index (χ2n) is 0.744. The van der Waals surface area contributed by atoms with Crippen LogP contribution in [0.4, 0.5) is 0 Å². The Labute approximate surface area is 31.0 Å². The van der Waals surface area contributed by atoms with Gasteiger partial charge in [-0.05, 0) is 6.02 Å². The van der Waals surface area contributed by atoms with Crippen molar-refractivity contribution in [3.63, 3.8) is 0 Å². The summed E-state index contributed by atoms with van der Waals surface area (Å²) in [5, 5.41) is 0. The molecule has 4 heavy (non-hydrogen) atoms. The van der Waals surface area contributed by atoms with Crippen molar-refractivity contribution in [1.82, 2.24) is 0 Å². The smallest absolute Gasteiger partial charge is 0.0457 e. The van der Waals surface area contributed by atoms with Gasteiger partial charge in [0, 0.05) is 4.11 Å². The van der Waals surface area contributed by atoms with Crippen LogP contribution in [0.15, 0.2) is 0 Å². The molecule has 1 atom stereocenters. The summed E-state index contributed by atoms with van der Waals surface area (Å²) >= 11 is 0. The van der Waals surface area contributed by atoms with Crippen molar-refractivity contribution < 1.29 is 4.11 Å². The van der Waals surface area contributed by atoms with Crippen molar-refractivity contribution >= 4 is 0 Å². The van der Waals surface area contributed by atoms with Gasteiger partial charge >= 0.3 is 0 Å². The predicted molar refractivity (Wildman–Crippen MR) is 19.3 cm³/mol. The highest BCUT2D eigenvalue weighted by atomic mass is 14.6. The van der Waals surface area contributed by atoms with E-state index < -0.39 is 12.9 Å². The van der Waals surface area contributed by atoms with Gasteiger partial charge < -0.3 is 5.73 Å². The monoisotopic (exact) mass is 62.1 g/mol. The molecule has 1 nitrogen and oxygen atoms in total. The van der Waals surface area contributed by atoms with Gasteiger partial charge in [-0.3, -0.25) is 0 Å². The Hall–Kier alpha value is -0.0400. The van der Waals surface area contributed by atoms with E-state index in [1.807, 2.05) is 0 Å². The fourth-order valence-corrected chi connectivity index (χ4v) is 0. The molecule has 0 radical (unpaired) electrons. The molecule has 0 saturated heterocycles. The van der Waals surface area contributed by atoms with Crippen LogP contribution in [0.3, 0.4) is 0 Å². The quantitative estimate of drug-likeness (QED) is 0.430. The summed E-state index contributed by atoms with van der Waals surface area (Å²) in [6.07, 6.45) is 0. The lowest BCUT2D eigenvalue weighted by Crippen LogP contribution is -2.06. The first-order valence-corrected chi connectivity index (χ1v) is 1.08. The molecule has 2 N–H and O–H groups in total. The van der Waals surface area contributed by atoms with E-state index in [1.54, 1.807) is 0 Å². The Balaban J connectivity index is 3.54. The molecular weight excluding hydrogens is 50.0 g/mol. The zero-order chi connectivity index (χ0) is 6.08. The molecule has 0 bridgehead atoms. The highest BCUT2D eigenvalue weighted by Crippen LogP contribution is 1.58. The standard InChI is InChI=1S/C3H9N/c1-3(2)4/h3H,4H2,1-2H3/i1D2,3D. The Morgan fingerprint density at radius 1 is 2.50 bits per heavy atom. The molecule has 0 saturated carbocycles. The summed E-state index contributed by atoms with van der Waals surface area (Å²) in [5.41, 5.74) is 4.97.